The summed E-state index contributed by atoms with van der Waals surface area (Å²) in [5.41, 5.74) is -0.339. The predicted molar refractivity (Wildman–Crippen MR) is 54.7 cm³/mol. The van der Waals surface area contributed by atoms with Gasteiger partial charge >= 0.3 is 46.6 Å². The number of carbonyl (C=O) groups excluding carboxylic acids is 2. The van der Waals surface area contributed by atoms with Crippen molar-refractivity contribution in [3.8, 4) is 0 Å². The molecule has 18 heavy (non-hydrogen) atoms. The molecule has 1 aromatic rings. The molecule has 0 aliphatic heterocycles. The molecule has 0 bridgehead atoms. The van der Waals surface area contributed by atoms with Crippen molar-refractivity contribution in [3.05, 3.63) is 35.4 Å². The molecule has 2 N–H and O–H groups in total. The van der Waals surface area contributed by atoms with Crippen LogP contribution >= 0.6 is 8.85 Å². The number of carboxylic acids is 2. The maximum absolute atomic E-state index is 10.3. The van der Waals surface area contributed by atoms with Crippen LogP contribution in [0.1, 0.15) is 20.7 Å². The molecule has 96 valence electrons. The Hall–Kier alpha value is -0.400. The third-order valence-electron chi connectivity index (χ3n) is 1.33. The fourth-order valence-electron chi connectivity index (χ4n) is 0.773. The summed E-state index contributed by atoms with van der Waals surface area (Å²) in [7, 11) is -4.12. The predicted octanol–water partition coefficient (Wildman–Crippen LogP) is -0.670. The van der Waals surface area contributed by atoms with Crippen molar-refractivity contribution in [1.29, 1.82) is 0 Å². The molecule has 0 aromatic heterocycles. The van der Waals surface area contributed by atoms with Crippen LogP contribution in [0.3, 0.4) is 0 Å². The van der Waals surface area contributed by atoms with Crippen molar-refractivity contribution >= 4 is 58.5 Å². The molecule has 0 unspecified atom stereocenters. The third kappa shape index (κ3) is 10.7. The molecule has 10 heteroatoms. The SMILES string of the molecule is FP(F)F.O.O=C([O-])c1cccc(C(=O)[O-])c1.[Ca+2]. The minimum Gasteiger partial charge on any atom is -0.545 e. The van der Waals surface area contributed by atoms with Crippen LogP contribution in [0.5, 0.6) is 0 Å². The molecule has 0 radical (unpaired) electrons. The van der Waals surface area contributed by atoms with Crippen molar-refractivity contribution in [2.75, 3.05) is 0 Å². The number of carboxylic acid groups (broad SMARTS) is 2. The van der Waals surface area contributed by atoms with E-state index < -0.39 is 20.8 Å². The number of hydrogen-bond donors (Lipinski definition) is 0. The fourth-order valence-corrected chi connectivity index (χ4v) is 0.773. The van der Waals surface area contributed by atoms with Gasteiger partial charge in [0.1, 0.15) is 0 Å². The van der Waals surface area contributed by atoms with Gasteiger partial charge in [0.2, 0.25) is 0 Å². The van der Waals surface area contributed by atoms with E-state index in [-0.39, 0.29) is 54.3 Å². The average Bonchev–Trinajstić information content (AvgIpc) is 2.17. The topological polar surface area (TPSA) is 112 Å². The number of halogens is 3. The zero-order valence-corrected chi connectivity index (χ0v) is 11.8. The average molecular weight is 310 g/mol. The number of hydrogen-bond acceptors (Lipinski definition) is 4. The largest absolute Gasteiger partial charge is 2.00 e. The van der Waals surface area contributed by atoms with E-state index >= 15 is 0 Å². The molecule has 0 saturated heterocycles. The second-order valence-electron chi connectivity index (χ2n) is 2.35. The number of rotatable bonds is 2. The second-order valence-corrected chi connectivity index (χ2v) is 2.73. The van der Waals surface area contributed by atoms with Gasteiger partial charge in [0.05, 0.1) is 11.9 Å². The van der Waals surface area contributed by atoms with Gasteiger partial charge in [0.25, 0.3) is 0 Å². The molecule has 0 aliphatic rings. The van der Waals surface area contributed by atoms with E-state index in [0.717, 1.165) is 6.07 Å². The van der Waals surface area contributed by atoms with Crippen LogP contribution in [0.2, 0.25) is 0 Å². The molecule has 0 amide bonds. The molecule has 0 atom stereocenters. The molecule has 0 heterocycles. The van der Waals surface area contributed by atoms with E-state index in [0.29, 0.717) is 0 Å². The Morgan fingerprint density at radius 2 is 1.28 bits per heavy atom. The Labute approximate surface area is 131 Å². The standard InChI is InChI=1S/C8H6O4.Ca.F3P.H2O/c9-7(10)5-2-1-3-6(4-5)8(11)12;;1-4(2)3;/h1-4H,(H,9,10)(H,11,12);;;1H2/q;+2;;/p-2. The van der Waals surface area contributed by atoms with E-state index in [4.69, 9.17) is 0 Å². The van der Waals surface area contributed by atoms with Crippen molar-refractivity contribution in [2.45, 2.75) is 0 Å². The van der Waals surface area contributed by atoms with Crippen molar-refractivity contribution in [3.63, 3.8) is 0 Å². The van der Waals surface area contributed by atoms with Gasteiger partial charge in [-0.1, -0.05) is 18.2 Å². The minimum atomic E-state index is -4.12. The summed E-state index contributed by atoms with van der Waals surface area (Å²) < 4.78 is 29.2. The molecule has 0 aliphatic carbocycles. The molecule has 5 nitrogen and oxygen atoms in total. The molecule has 0 fully saturated rings. The van der Waals surface area contributed by atoms with Crippen molar-refractivity contribution in [2.24, 2.45) is 0 Å². The Balaban J connectivity index is -0.000000332. The van der Waals surface area contributed by atoms with Gasteiger partial charge in [-0.25, -0.2) is 0 Å². The van der Waals surface area contributed by atoms with E-state index in [1.807, 2.05) is 0 Å². The smallest absolute Gasteiger partial charge is 0.545 e. The van der Waals surface area contributed by atoms with Gasteiger partial charge in [-0.05, 0) is 17.2 Å². The van der Waals surface area contributed by atoms with Gasteiger partial charge in [-0.3, -0.25) is 0 Å². The van der Waals surface area contributed by atoms with Crippen molar-refractivity contribution < 1.29 is 37.9 Å². The third-order valence-corrected chi connectivity index (χ3v) is 1.33. The first-order valence-corrected chi connectivity index (χ1v) is 4.66. The maximum Gasteiger partial charge on any atom is 2.00 e. The molecular weight excluding hydrogens is 304 g/mol. The molecular formula is C8H6CaF3O5P. The van der Waals surface area contributed by atoms with E-state index in [1.165, 1.54) is 18.2 Å². The summed E-state index contributed by atoms with van der Waals surface area (Å²) in [5, 5.41) is 20.5. The quantitative estimate of drug-likeness (QED) is 0.532. The van der Waals surface area contributed by atoms with Crippen LogP contribution in [0.4, 0.5) is 12.6 Å². The second kappa shape index (κ2) is 11.7. The zero-order valence-electron chi connectivity index (χ0n) is 8.73. The van der Waals surface area contributed by atoms with Crippen LogP contribution in [-0.2, 0) is 0 Å². The monoisotopic (exact) mass is 310 g/mol. The first kappa shape index (κ1) is 22.8. The summed E-state index contributed by atoms with van der Waals surface area (Å²) in [4.78, 5) is 20.5. The Bertz CT molecular complexity index is 359. The normalized spacial score (nSPS) is 8.22. The first-order valence-electron chi connectivity index (χ1n) is 3.64. The molecule has 1 aromatic carbocycles. The van der Waals surface area contributed by atoms with Crippen LogP contribution < -0.4 is 10.2 Å². The zero-order chi connectivity index (χ0) is 12.7. The van der Waals surface area contributed by atoms with Crippen LogP contribution in [-0.4, -0.2) is 55.2 Å². The van der Waals surface area contributed by atoms with Gasteiger partial charge in [0.15, 0.2) is 0 Å². The number of benzene rings is 1. The summed E-state index contributed by atoms with van der Waals surface area (Å²) in [6.45, 7) is 0. The fraction of sp³-hybridized carbons (Fsp3) is 0. The maximum atomic E-state index is 10.3. The number of carbonyl (C=O) groups is 2. The van der Waals surface area contributed by atoms with Gasteiger partial charge in [-0.2, -0.15) is 12.6 Å². The Morgan fingerprint density at radius 3 is 1.50 bits per heavy atom. The molecule has 1 rings (SSSR count). The van der Waals surface area contributed by atoms with Gasteiger partial charge in [-0.15, -0.1) is 0 Å². The Morgan fingerprint density at radius 1 is 1.00 bits per heavy atom. The summed E-state index contributed by atoms with van der Waals surface area (Å²) in [5.74, 6) is -2.81. The van der Waals surface area contributed by atoms with E-state index in [2.05, 4.69) is 0 Å². The number of aromatic carboxylic acids is 2. The van der Waals surface area contributed by atoms with Gasteiger partial charge in [0, 0.05) is 0 Å². The molecule has 0 spiro atoms. The van der Waals surface area contributed by atoms with Crippen LogP contribution in [0.15, 0.2) is 24.3 Å². The minimum absolute atomic E-state index is 0. The van der Waals surface area contributed by atoms with E-state index in [9.17, 15) is 32.4 Å². The summed E-state index contributed by atoms with van der Waals surface area (Å²) in [6.07, 6.45) is 0. The first-order chi connectivity index (χ1) is 7.34. The summed E-state index contributed by atoms with van der Waals surface area (Å²) >= 11 is 0. The van der Waals surface area contributed by atoms with Crippen molar-refractivity contribution in [1.82, 2.24) is 0 Å². The van der Waals surface area contributed by atoms with Gasteiger partial charge < -0.3 is 25.3 Å². The van der Waals surface area contributed by atoms with Crippen LogP contribution in [0.25, 0.3) is 0 Å². The Kier molecular flexibility index (Phi) is 14.8. The van der Waals surface area contributed by atoms with E-state index in [1.54, 1.807) is 0 Å². The van der Waals surface area contributed by atoms with Crippen LogP contribution in [0, 0.1) is 0 Å². The molecule has 0 saturated carbocycles. The summed E-state index contributed by atoms with van der Waals surface area (Å²) in [6, 6.07) is 4.81.